The molecule has 1 saturated carbocycles. The fourth-order valence-corrected chi connectivity index (χ4v) is 1.54. The van der Waals surface area contributed by atoms with Crippen LogP contribution in [0.4, 0.5) is 15.8 Å². The predicted octanol–water partition coefficient (Wildman–Crippen LogP) is 2.15. The predicted molar refractivity (Wildman–Crippen MR) is 56.8 cm³/mol. The van der Waals surface area contributed by atoms with Crippen molar-refractivity contribution in [3.8, 4) is 0 Å². The number of carbonyl (C=O) groups excluding carboxylic acids is 1. The maximum Gasteiger partial charge on any atom is 0.227 e. The minimum Gasteiger partial charge on any atom is -0.397 e. The molecule has 0 spiro atoms. The van der Waals surface area contributed by atoms with E-state index in [1.165, 1.54) is 18.2 Å². The van der Waals surface area contributed by atoms with Gasteiger partial charge in [0.05, 0.1) is 11.4 Å². The third-order valence-electron chi connectivity index (χ3n) is 2.75. The minimum atomic E-state index is -0.395. The lowest BCUT2D eigenvalue weighted by molar-refractivity contribution is -0.122. The van der Waals surface area contributed by atoms with Crippen LogP contribution >= 0.6 is 0 Å². The largest absolute Gasteiger partial charge is 0.397 e. The van der Waals surface area contributed by atoms with Gasteiger partial charge in [-0.1, -0.05) is 6.42 Å². The van der Waals surface area contributed by atoms with Crippen LogP contribution in [0.15, 0.2) is 18.2 Å². The number of rotatable bonds is 2. The molecule has 2 rings (SSSR count). The molecule has 0 unspecified atom stereocenters. The van der Waals surface area contributed by atoms with E-state index in [9.17, 15) is 9.18 Å². The van der Waals surface area contributed by atoms with Crippen molar-refractivity contribution in [2.24, 2.45) is 5.92 Å². The molecule has 0 aliphatic heterocycles. The van der Waals surface area contributed by atoms with E-state index < -0.39 is 5.82 Å². The highest BCUT2D eigenvalue weighted by atomic mass is 19.1. The highest BCUT2D eigenvalue weighted by Crippen LogP contribution is 2.28. The van der Waals surface area contributed by atoms with E-state index >= 15 is 0 Å². The number of carbonyl (C=O) groups is 1. The van der Waals surface area contributed by atoms with E-state index in [4.69, 9.17) is 5.73 Å². The van der Waals surface area contributed by atoms with E-state index in [0.29, 0.717) is 11.4 Å². The summed E-state index contributed by atoms with van der Waals surface area (Å²) >= 11 is 0. The Morgan fingerprint density at radius 2 is 2.20 bits per heavy atom. The van der Waals surface area contributed by atoms with Crippen molar-refractivity contribution in [2.75, 3.05) is 11.1 Å². The van der Waals surface area contributed by atoms with Gasteiger partial charge in [-0.3, -0.25) is 4.79 Å². The van der Waals surface area contributed by atoms with Crippen LogP contribution in [-0.4, -0.2) is 5.91 Å². The molecule has 0 aromatic heterocycles. The Bertz CT molecular complexity index is 388. The van der Waals surface area contributed by atoms with Crippen LogP contribution in [-0.2, 0) is 4.79 Å². The lowest BCUT2D eigenvalue weighted by Gasteiger charge is -2.24. The van der Waals surface area contributed by atoms with Crippen molar-refractivity contribution in [1.29, 1.82) is 0 Å². The van der Waals surface area contributed by atoms with E-state index in [2.05, 4.69) is 5.32 Å². The summed E-state index contributed by atoms with van der Waals surface area (Å²) in [5.74, 6) is -0.376. The first-order chi connectivity index (χ1) is 7.16. The summed E-state index contributed by atoms with van der Waals surface area (Å²) in [7, 11) is 0. The third-order valence-corrected chi connectivity index (χ3v) is 2.75. The van der Waals surface area contributed by atoms with Crippen LogP contribution in [0.1, 0.15) is 19.3 Å². The minimum absolute atomic E-state index is 0.0569. The normalized spacial score (nSPS) is 15.8. The Labute approximate surface area is 87.5 Å². The van der Waals surface area contributed by atoms with Gasteiger partial charge in [-0.15, -0.1) is 0 Å². The molecule has 0 atom stereocenters. The van der Waals surface area contributed by atoms with Gasteiger partial charge in [-0.05, 0) is 31.0 Å². The van der Waals surface area contributed by atoms with Gasteiger partial charge in [0, 0.05) is 5.92 Å². The molecule has 0 radical (unpaired) electrons. The topological polar surface area (TPSA) is 55.1 Å². The van der Waals surface area contributed by atoms with E-state index in [-0.39, 0.29) is 11.8 Å². The van der Waals surface area contributed by atoms with Crippen LogP contribution in [0, 0.1) is 11.7 Å². The van der Waals surface area contributed by atoms with Crippen LogP contribution in [0.5, 0.6) is 0 Å². The Balaban J connectivity index is 2.09. The standard InChI is InChI=1S/C11H13FN2O/c12-8-4-5-9(13)10(6-8)14-11(15)7-2-1-3-7/h4-7H,1-3,13H2,(H,14,15). The summed E-state index contributed by atoms with van der Waals surface area (Å²) in [5, 5.41) is 2.65. The molecule has 1 aromatic carbocycles. The van der Waals surface area contributed by atoms with Gasteiger partial charge in [0.25, 0.3) is 0 Å². The Morgan fingerprint density at radius 3 is 2.80 bits per heavy atom. The molecule has 1 aliphatic rings. The quantitative estimate of drug-likeness (QED) is 0.731. The van der Waals surface area contributed by atoms with Gasteiger partial charge in [-0.25, -0.2) is 4.39 Å². The second kappa shape index (κ2) is 3.88. The summed E-state index contributed by atoms with van der Waals surface area (Å²) in [5.41, 5.74) is 6.38. The number of halogens is 1. The molecular formula is C11H13FN2O. The van der Waals surface area contributed by atoms with Gasteiger partial charge >= 0.3 is 0 Å². The third kappa shape index (κ3) is 2.09. The second-order valence-electron chi connectivity index (χ2n) is 3.85. The fourth-order valence-electron chi connectivity index (χ4n) is 1.54. The maximum absolute atomic E-state index is 12.9. The zero-order valence-corrected chi connectivity index (χ0v) is 8.29. The van der Waals surface area contributed by atoms with Crippen molar-refractivity contribution in [3.05, 3.63) is 24.0 Å². The van der Waals surface area contributed by atoms with Crippen molar-refractivity contribution >= 4 is 17.3 Å². The summed E-state index contributed by atoms with van der Waals surface area (Å²) < 4.78 is 12.9. The molecule has 1 aliphatic carbocycles. The number of nitrogens with two attached hydrogens (primary N) is 1. The summed E-state index contributed by atoms with van der Waals surface area (Å²) in [6.07, 6.45) is 2.93. The molecule has 3 N–H and O–H groups in total. The van der Waals surface area contributed by atoms with Gasteiger partial charge in [0.2, 0.25) is 5.91 Å². The van der Waals surface area contributed by atoms with Crippen LogP contribution < -0.4 is 11.1 Å². The monoisotopic (exact) mass is 208 g/mol. The molecule has 1 amide bonds. The first-order valence-corrected chi connectivity index (χ1v) is 5.02. The number of nitrogens with one attached hydrogen (secondary N) is 1. The summed E-state index contributed by atoms with van der Waals surface area (Å²) in [6.45, 7) is 0. The lowest BCUT2D eigenvalue weighted by atomic mass is 9.85. The Hall–Kier alpha value is -1.58. The molecule has 0 heterocycles. The number of anilines is 2. The first kappa shape index (κ1) is 9.96. The number of amides is 1. The average Bonchev–Trinajstić information content (AvgIpc) is 2.08. The summed E-state index contributed by atoms with van der Waals surface area (Å²) in [6, 6.07) is 3.96. The molecule has 80 valence electrons. The fraction of sp³-hybridized carbons (Fsp3) is 0.364. The molecular weight excluding hydrogens is 195 g/mol. The van der Waals surface area contributed by atoms with Crippen LogP contribution in [0.2, 0.25) is 0 Å². The Morgan fingerprint density at radius 1 is 1.47 bits per heavy atom. The smallest absolute Gasteiger partial charge is 0.227 e. The SMILES string of the molecule is Nc1ccc(F)cc1NC(=O)C1CCC1. The molecule has 1 aromatic rings. The maximum atomic E-state index is 12.9. The average molecular weight is 208 g/mol. The van der Waals surface area contributed by atoms with Gasteiger partial charge in [0.15, 0.2) is 0 Å². The van der Waals surface area contributed by atoms with E-state index in [0.717, 1.165) is 19.3 Å². The van der Waals surface area contributed by atoms with Crippen LogP contribution in [0.3, 0.4) is 0 Å². The number of nitrogen functional groups attached to an aromatic ring is 1. The van der Waals surface area contributed by atoms with E-state index in [1.807, 2.05) is 0 Å². The summed E-state index contributed by atoms with van der Waals surface area (Å²) in [4.78, 5) is 11.6. The highest BCUT2D eigenvalue weighted by Gasteiger charge is 2.25. The van der Waals surface area contributed by atoms with Crippen molar-refractivity contribution < 1.29 is 9.18 Å². The van der Waals surface area contributed by atoms with Crippen molar-refractivity contribution in [2.45, 2.75) is 19.3 Å². The van der Waals surface area contributed by atoms with Crippen LogP contribution in [0.25, 0.3) is 0 Å². The van der Waals surface area contributed by atoms with Gasteiger partial charge in [-0.2, -0.15) is 0 Å². The van der Waals surface area contributed by atoms with E-state index in [1.54, 1.807) is 0 Å². The molecule has 4 heteroatoms. The number of hydrogen-bond acceptors (Lipinski definition) is 2. The Kier molecular flexibility index (Phi) is 2.58. The first-order valence-electron chi connectivity index (χ1n) is 5.02. The van der Waals surface area contributed by atoms with Crippen molar-refractivity contribution in [1.82, 2.24) is 0 Å². The molecule has 3 nitrogen and oxygen atoms in total. The molecule has 0 saturated heterocycles. The zero-order chi connectivity index (χ0) is 10.8. The number of benzene rings is 1. The highest BCUT2D eigenvalue weighted by molar-refractivity contribution is 5.95. The lowest BCUT2D eigenvalue weighted by Crippen LogP contribution is -2.28. The second-order valence-corrected chi connectivity index (χ2v) is 3.85. The molecule has 1 fully saturated rings. The number of hydrogen-bond donors (Lipinski definition) is 2. The van der Waals surface area contributed by atoms with Gasteiger partial charge in [0.1, 0.15) is 5.82 Å². The molecule has 15 heavy (non-hydrogen) atoms. The van der Waals surface area contributed by atoms with Gasteiger partial charge < -0.3 is 11.1 Å². The zero-order valence-electron chi connectivity index (χ0n) is 8.29. The molecule has 0 bridgehead atoms. The van der Waals surface area contributed by atoms with Crippen molar-refractivity contribution in [3.63, 3.8) is 0 Å².